The molecular weight excluding hydrogens is 298 g/mol. The van der Waals surface area contributed by atoms with E-state index in [1.165, 1.54) is 6.42 Å². The Morgan fingerprint density at radius 2 is 1.82 bits per heavy atom. The lowest BCUT2D eigenvalue weighted by molar-refractivity contribution is -0.122. The molecule has 2 unspecified atom stereocenters. The lowest BCUT2D eigenvalue weighted by atomic mass is 9.86. The van der Waals surface area contributed by atoms with Crippen molar-refractivity contribution >= 4 is 15.7 Å². The normalized spacial score (nSPS) is 22.3. The second-order valence-corrected chi connectivity index (χ2v) is 8.43. The lowest BCUT2D eigenvalue weighted by Crippen LogP contribution is -2.41. The minimum atomic E-state index is -3.39. The number of rotatable bonds is 5. The Bertz CT molecular complexity index is 607. The van der Waals surface area contributed by atoms with Crippen LogP contribution in [0, 0.1) is 12.8 Å². The van der Waals surface area contributed by atoms with Crippen LogP contribution in [0.4, 0.5) is 0 Å². The fourth-order valence-corrected chi connectivity index (χ4v) is 4.14. The molecule has 0 bridgehead atoms. The van der Waals surface area contributed by atoms with Crippen LogP contribution in [0.5, 0.6) is 0 Å². The van der Waals surface area contributed by atoms with Crippen molar-refractivity contribution in [3.63, 3.8) is 0 Å². The quantitative estimate of drug-likeness (QED) is 0.906. The number of carbonyl (C=O) groups excluding carboxylic acids is 1. The van der Waals surface area contributed by atoms with Gasteiger partial charge in [0.2, 0.25) is 5.91 Å². The van der Waals surface area contributed by atoms with Crippen LogP contribution < -0.4 is 5.32 Å². The maximum Gasteiger partial charge on any atom is 0.221 e. The van der Waals surface area contributed by atoms with E-state index >= 15 is 0 Å². The van der Waals surface area contributed by atoms with Crippen LogP contribution in [-0.4, -0.2) is 26.1 Å². The SMILES string of the molecule is Cc1ccc(S(=O)(=O)CCC(=O)NC2CCCCC2C)cc1. The highest BCUT2D eigenvalue weighted by Crippen LogP contribution is 2.23. The smallest absolute Gasteiger partial charge is 0.221 e. The van der Waals surface area contributed by atoms with Gasteiger partial charge in [-0.25, -0.2) is 8.42 Å². The van der Waals surface area contributed by atoms with E-state index in [9.17, 15) is 13.2 Å². The van der Waals surface area contributed by atoms with Crippen molar-refractivity contribution in [1.29, 1.82) is 0 Å². The van der Waals surface area contributed by atoms with Crippen molar-refractivity contribution in [2.24, 2.45) is 5.92 Å². The van der Waals surface area contributed by atoms with Gasteiger partial charge in [-0.15, -0.1) is 0 Å². The summed E-state index contributed by atoms with van der Waals surface area (Å²) in [5.74, 6) is 0.184. The summed E-state index contributed by atoms with van der Waals surface area (Å²) in [6, 6.07) is 6.95. The van der Waals surface area contributed by atoms with Gasteiger partial charge in [-0.05, 0) is 37.8 Å². The first-order chi connectivity index (χ1) is 10.4. The Labute approximate surface area is 133 Å². The predicted octanol–water partition coefficient (Wildman–Crippen LogP) is 2.85. The van der Waals surface area contributed by atoms with Gasteiger partial charge in [0, 0.05) is 12.5 Å². The van der Waals surface area contributed by atoms with Crippen LogP contribution in [-0.2, 0) is 14.6 Å². The Hall–Kier alpha value is -1.36. The van der Waals surface area contributed by atoms with E-state index in [0.29, 0.717) is 5.92 Å². The lowest BCUT2D eigenvalue weighted by Gasteiger charge is -2.29. The molecule has 0 spiro atoms. The molecule has 1 aromatic carbocycles. The van der Waals surface area contributed by atoms with Gasteiger partial charge in [0.25, 0.3) is 0 Å². The molecule has 122 valence electrons. The first-order valence-electron chi connectivity index (χ1n) is 7.97. The van der Waals surface area contributed by atoms with E-state index in [1.54, 1.807) is 24.3 Å². The zero-order chi connectivity index (χ0) is 16.2. The molecule has 0 aliphatic heterocycles. The van der Waals surface area contributed by atoms with Gasteiger partial charge in [0.1, 0.15) is 0 Å². The summed E-state index contributed by atoms with van der Waals surface area (Å²) in [5.41, 5.74) is 1.02. The highest BCUT2D eigenvalue weighted by atomic mass is 32.2. The van der Waals surface area contributed by atoms with E-state index in [-0.39, 0.29) is 29.0 Å². The summed E-state index contributed by atoms with van der Waals surface area (Å²) in [6.45, 7) is 4.06. The molecule has 2 atom stereocenters. The number of hydrogen-bond donors (Lipinski definition) is 1. The summed E-state index contributed by atoms with van der Waals surface area (Å²) in [4.78, 5) is 12.3. The van der Waals surface area contributed by atoms with Gasteiger partial charge in [0.15, 0.2) is 9.84 Å². The van der Waals surface area contributed by atoms with Crippen LogP contribution >= 0.6 is 0 Å². The van der Waals surface area contributed by atoms with E-state index in [0.717, 1.165) is 24.8 Å². The fraction of sp³-hybridized carbons (Fsp3) is 0.588. The van der Waals surface area contributed by atoms with Gasteiger partial charge in [-0.2, -0.15) is 0 Å². The zero-order valence-electron chi connectivity index (χ0n) is 13.3. The third-order valence-electron chi connectivity index (χ3n) is 4.44. The standard InChI is InChI=1S/C17H25NO3S/c1-13-7-9-15(10-8-13)22(20,21)12-11-17(19)18-16-6-4-3-5-14(16)2/h7-10,14,16H,3-6,11-12H2,1-2H3,(H,18,19). The molecule has 4 nitrogen and oxygen atoms in total. The van der Waals surface area contributed by atoms with Crippen LogP contribution in [0.2, 0.25) is 0 Å². The van der Waals surface area contributed by atoms with Crippen molar-refractivity contribution in [3.05, 3.63) is 29.8 Å². The molecule has 1 fully saturated rings. The molecule has 1 aromatic rings. The first-order valence-corrected chi connectivity index (χ1v) is 9.62. The van der Waals surface area contributed by atoms with Gasteiger partial charge >= 0.3 is 0 Å². The summed E-state index contributed by atoms with van der Waals surface area (Å²) >= 11 is 0. The summed E-state index contributed by atoms with van der Waals surface area (Å²) in [5, 5.41) is 3.00. The van der Waals surface area contributed by atoms with Crippen molar-refractivity contribution in [2.75, 3.05) is 5.75 Å². The molecule has 1 N–H and O–H groups in total. The molecule has 0 aromatic heterocycles. The molecular formula is C17H25NO3S. The number of benzene rings is 1. The molecule has 0 saturated heterocycles. The minimum Gasteiger partial charge on any atom is -0.353 e. The number of hydrogen-bond acceptors (Lipinski definition) is 3. The van der Waals surface area contributed by atoms with E-state index < -0.39 is 9.84 Å². The second kappa shape index (κ2) is 7.27. The summed E-state index contributed by atoms with van der Waals surface area (Å²) in [7, 11) is -3.39. The number of amides is 1. The van der Waals surface area contributed by atoms with Crippen molar-refractivity contribution in [1.82, 2.24) is 5.32 Å². The van der Waals surface area contributed by atoms with Crippen LogP contribution in [0.3, 0.4) is 0 Å². The zero-order valence-corrected chi connectivity index (χ0v) is 14.2. The molecule has 1 saturated carbocycles. The topological polar surface area (TPSA) is 63.2 Å². The van der Waals surface area contributed by atoms with Gasteiger partial charge in [-0.1, -0.05) is 37.5 Å². The fourth-order valence-electron chi connectivity index (χ4n) is 2.90. The van der Waals surface area contributed by atoms with Crippen LogP contribution in [0.15, 0.2) is 29.2 Å². The predicted molar refractivity (Wildman–Crippen MR) is 87.4 cm³/mol. The molecule has 1 aliphatic rings. The van der Waals surface area contributed by atoms with Crippen molar-refractivity contribution in [2.45, 2.75) is 56.9 Å². The Balaban J connectivity index is 1.88. The minimum absolute atomic E-state index is 0.0272. The maximum atomic E-state index is 12.2. The third-order valence-corrected chi connectivity index (χ3v) is 6.17. The van der Waals surface area contributed by atoms with Crippen LogP contribution in [0.1, 0.15) is 44.6 Å². The Morgan fingerprint density at radius 3 is 2.45 bits per heavy atom. The highest BCUT2D eigenvalue weighted by Gasteiger charge is 2.23. The molecule has 1 aliphatic carbocycles. The van der Waals surface area contributed by atoms with Crippen molar-refractivity contribution < 1.29 is 13.2 Å². The average molecular weight is 323 g/mol. The number of nitrogens with one attached hydrogen (secondary N) is 1. The van der Waals surface area contributed by atoms with E-state index in [2.05, 4.69) is 12.2 Å². The monoisotopic (exact) mass is 323 g/mol. The molecule has 0 radical (unpaired) electrons. The first kappa shape index (κ1) is 17.0. The molecule has 0 heterocycles. The largest absolute Gasteiger partial charge is 0.353 e. The van der Waals surface area contributed by atoms with Gasteiger partial charge in [-0.3, -0.25) is 4.79 Å². The van der Waals surface area contributed by atoms with E-state index in [4.69, 9.17) is 0 Å². The summed E-state index contributed by atoms with van der Waals surface area (Å²) in [6.07, 6.45) is 4.51. The molecule has 5 heteroatoms. The molecule has 2 rings (SSSR count). The van der Waals surface area contributed by atoms with Crippen LogP contribution in [0.25, 0.3) is 0 Å². The van der Waals surface area contributed by atoms with E-state index in [1.807, 2.05) is 6.92 Å². The number of carbonyl (C=O) groups is 1. The Kier molecular flexibility index (Phi) is 5.62. The second-order valence-electron chi connectivity index (χ2n) is 6.32. The Morgan fingerprint density at radius 1 is 1.18 bits per heavy atom. The average Bonchev–Trinajstić information content (AvgIpc) is 2.48. The van der Waals surface area contributed by atoms with Gasteiger partial charge < -0.3 is 5.32 Å². The summed E-state index contributed by atoms with van der Waals surface area (Å²) < 4.78 is 24.4. The van der Waals surface area contributed by atoms with Crippen molar-refractivity contribution in [3.8, 4) is 0 Å². The molecule has 1 amide bonds. The maximum absolute atomic E-state index is 12.2. The number of aryl methyl sites for hydroxylation is 1. The highest BCUT2D eigenvalue weighted by molar-refractivity contribution is 7.91. The third kappa shape index (κ3) is 4.57. The van der Waals surface area contributed by atoms with Gasteiger partial charge in [0.05, 0.1) is 10.6 Å². The molecule has 22 heavy (non-hydrogen) atoms. The number of sulfone groups is 1.